The Labute approximate surface area is 235 Å². The van der Waals surface area contributed by atoms with E-state index in [1.165, 1.54) is 21.2 Å². The number of benzene rings is 1. The Morgan fingerprint density at radius 1 is 1.20 bits per heavy atom. The van der Waals surface area contributed by atoms with Crippen LogP contribution in [-0.4, -0.2) is 48.5 Å². The largest absolute Gasteiger partial charge is 0.383 e. The molecule has 4 heterocycles. The zero-order chi connectivity index (χ0) is 28.7. The molecule has 1 fully saturated rings. The molecule has 1 atom stereocenters. The fraction of sp³-hybridized carbons (Fsp3) is 0.300. The van der Waals surface area contributed by atoms with E-state index in [-0.39, 0.29) is 11.6 Å². The van der Waals surface area contributed by atoms with Gasteiger partial charge in [-0.2, -0.15) is 5.26 Å². The highest BCUT2D eigenvalue weighted by Gasteiger charge is 2.27. The molecule has 0 amide bonds. The van der Waals surface area contributed by atoms with Crippen LogP contribution in [0.25, 0.3) is 33.8 Å². The van der Waals surface area contributed by atoms with Gasteiger partial charge in [0, 0.05) is 56.3 Å². The number of rotatable bonds is 9. The fourth-order valence-corrected chi connectivity index (χ4v) is 5.04. The maximum atomic E-state index is 15.2. The summed E-state index contributed by atoms with van der Waals surface area (Å²) in [5.74, 6) is 0.814. The Morgan fingerprint density at radius 2 is 2.02 bits per heavy atom. The van der Waals surface area contributed by atoms with Crippen molar-refractivity contribution in [1.82, 2.24) is 34.0 Å². The Hall–Kier alpha value is -4.66. The minimum atomic E-state index is -0.491. The average Bonchev–Trinajstić information content (AvgIpc) is 3.66. The van der Waals surface area contributed by atoms with Crippen LogP contribution in [0.1, 0.15) is 42.5 Å². The number of nitriles is 1. The average molecular weight is 553 g/mol. The van der Waals surface area contributed by atoms with Crippen LogP contribution >= 0.6 is 0 Å². The topological polar surface area (TPSA) is 115 Å². The molecule has 1 aliphatic rings. The Kier molecular flexibility index (Phi) is 6.95. The molecule has 1 saturated carbocycles. The highest BCUT2D eigenvalue weighted by Crippen LogP contribution is 2.41. The molecule has 1 N–H and O–H groups in total. The van der Waals surface area contributed by atoms with Gasteiger partial charge in [-0.3, -0.25) is 8.97 Å². The van der Waals surface area contributed by atoms with Crippen molar-refractivity contribution in [2.24, 2.45) is 7.05 Å². The van der Waals surface area contributed by atoms with Gasteiger partial charge in [-0.1, -0.05) is 6.07 Å². The van der Waals surface area contributed by atoms with Crippen molar-refractivity contribution in [3.05, 3.63) is 88.2 Å². The lowest BCUT2D eigenvalue weighted by Gasteiger charge is -2.13. The summed E-state index contributed by atoms with van der Waals surface area (Å²) in [6.45, 7) is 2.88. The van der Waals surface area contributed by atoms with Gasteiger partial charge in [0.1, 0.15) is 23.5 Å². The zero-order valence-electron chi connectivity index (χ0n) is 23.0. The molecule has 5 aromatic rings. The van der Waals surface area contributed by atoms with Gasteiger partial charge in [0.2, 0.25) is 0 Å². The van der Waals surface area contributed by atoms with E-state index in [0.717, 1.165) is 35.2 Å². The number of aromatic nitrogens is 6. The molecule has 10 nitrogen and oxygen atoms in total. The van der Waals surface area contributed by atoms with E-state index in [9.17, 15) is 10.1 Å². The summed E-state index contributed by atoms with van der Waals surface area (Å²) >= 11 is 0. The first-order chi connectivity index (χ1) is 19.9. The summed E-state index contributed by atoms with van der Waals surface area (Å²) in [6, 6.07) is 13.0. The van der Waals surface area contributed by atoms with E-state index in [1.54, 1.807) is 36.3 Å². The molecule has 6 rings (SSSR count). The summed E-state index contributed by atoms with van der Waals surface area (Å²) in [5.41, 5.74) is 4.15. The molecule has 0 saturated heterocycles. The van der Waals surface area contributed by atoms with Crippen molar-refractivity contribution in [2.75, 3.05) is 13.7 Å². The van der Waals surface area contributed by atoms with Crippen LogP contribution in [0.4, 0.5) is 4.39 Å². The second-order valence-corrected chi connectivity index (χ2v) is 10.5. The molecule has 0 spiro atoms. The number of pyridine rings is 2. The molecule has 41 heavy (non-hydrogen) atoms. The highest BCUT2D eigenvalue weighted by atomic mass is 19.1. The van der Waals surface area contributed by atoms with Gasteiger partial charge in [-0.05, 0) is 66.8 Å². The lowest BCUT2D eigenvalue weighted by molar-refractivity contribution is 0.171. The second-order valence-electron chi connectivity index (χ2n) is 10.5. The van der Waals surface area contributed by atoms with Gasteiger partial charge < -0.3 is 14.6 Å². The molecule has 0 aliphatic heterocycles. The number of hydrogen-bond acceptors (Lipinski definition) is 7. The van der Waals surface area contributed by atoms with Gasteiger partial charge in [0.25, 0.3) is 0 Å². The predicted molar refractivity (Wildman–Crippen MR) is 151 cm³/mol. The van der Waals surface area contributed by atoms with E-state index in [1.807, 2.05) is 32.2 Å². The van der Waals surface area contributed by atoms with E-state index >= 15 is 4.39 Å². The number of nitrogens with one attached hydrogen (secondary N) is 1. The number of methoxy groups -OCH3 is 1. The molecule has 11 heteroatoms. The molecule has 4 aromatic heterocycles. The molecule has 0 radical (unpaired) electrons. The molecule has 0 bridgehead atoms. The number of ether oxygens (including phenoxy) is 1. The van der Waals surface area contributed by atoms with Gasteiger partial charge in [-0.15, -0.1) is 10.2 Å². The Bertz CT molecular complexity index is 1860. The number of hydrogen-bond donors (Lipinski definition) is 1. The number of aryl methyl sites for hydroxylation is 1. The molecule has 1 aliphatic carbocycles. The summed E-state index contributed by atoms with van der Waals surface area (Å²) in [6.07, 6.45) is 6.78. The maximum absolute atomic E-state index is 15.2. The highest BCUT2D eigenvalue weighted by molar-refractivity contribution is 5.82. The van der Waals surface area contributed by atoms with Gasteiger partial charge in [0.15, 0.2) is 5.82 Å². The Balaban J connectivity index is 1.47. The van der Waals surface area contributed by atoms with Crippen LogP contribution in [0.5, 0.6) is 0 Å². The van der Waals surface area contributed by atoms with Crippen molar-refractivity contribution in [3.8, 4) is 34.4 Å². The van der Waals surface area contributed by atoms with Gasteiger partial charge >= 0.3 is 5.69 Å². The normalized spacial score (nSPS) is 13.9. The molecular formula is C30H29FN8O2. The van der Waals surface area contributed by atoms with Crippen molar-refractivity contribution in [1.29, 1.82) is 5.26 Å². The fourth-order valence-electron chi connectivity index (χ4n) is 5.04. The van der Waals surface area contributed by atoms with Crippen molar-refractivity contribution in [3.63, 3.8) is 0 Å². The standard InChI is InChI=1S/C30H29FN8O2/c1-18(16-41-3)33-13-20-9-25(31)27-15-39(30(40)38(27)14-20)28-11-22(10-26(35-28)21-5-6-21)23-7-4-19(12-32)8-24(23)29-36-34-17-37(29)2/h4,7-11,14-15,17-18,21,33H,5-6,13,16H2,1-3H3/t18-/m0/s1. The molecule has 0 unspecified atom stereocenters. The molecule has 208 valence electrons. The first kappa shape index (κ1) is 26.6. The van der Waals surface area contributed by atoms with E-state index in [0.29, 0.717) is 41.8 Å². The number of imidazole rings is 1. The second kappa shape index (κ2) is 10.7. The first-order valence-electron chi connectivity index (χ1n) is 13.4. The molecular weight excluding hydrogens is 523 g/mol. The van der Waals surface area contributed by atoms with Crippen LogP contribution in [0, 0.1) is 17.1 Å². The lowest BCUT2D eigenvalue weighted by atomic mass is 9.96. The van der Waals surface area contributed by atoms with Crippen LogP contribution in [0.3, 0.4) is 0 Å². The zero-order valence-corrected chi connectivity index (χ0v) is 23.0. The quantitative estimate of drug-likeness (QED) is 0.294. The summed E-state index contributed by atoms with van der Waals surface area (Å²) in [7, 11) is 3.47. The Morgan fingerprint density at radius 3 is 2.73 bits per heavy atom. The molecule has 1 aromatic carbocycles. The SMILES string of the molecule is COC[C@H](C)NCc1cc(F)c2cn(-c3cc(-c4ccc(C#N)cc4-c4nncn4C)cc(C4CC4)n3)c(=O)n2c1. The number of nitrogens with zero attached hydrogens (tertiary/aromatic N) is 7. The summed E-state index contributed by atoms with van der Waals surface area (Å²) in [4.78, 5) is 18.5. The van der Waals surface area contributed by atoms with Crippen molar-refractivity contribution >= 4 is 5.52 Å². The number of fused-ring (bicyclic) bond motifs is 1. The van der Waals surface area contributed by atoms with Crippen LogP contribution < -0.4 is 11.0 Å². The monoisotopic (exact) mass is 552 g/mol. The lowest BCUT2D eigenvalue weighted by Crippen LogP contribution is -2.30. The third kappa shape index (κ3) is 5.15. The maximum Gasteiger partial charge on any atom is 0.338 e. The van der Waals surface area contributed by atoms with Crippen LogP contribution in [-0.2, 0) is 18.3 Å². The summed E-state index contributed by atoms with van der Waals surface area (Å²) in [5, 5.41) is 21.1. The van der Waals surface area contributed by atoms with Crippen molar-refractivity contribution < 1.29 is 9.13 Å². The minimum absolute atomic E-state index is 0.0709. The summed E-state index contributed by atoms with van der Waals surface area (Å²) < 4.78 is 24.9. The third-order valence-electron chi connectivity index (χ3n) is 7.33. The smallest absolute Gasteiger partial charge is 0.338 e. The van der Waals surface area contributed by atoms with E-state index in [2.05, 4.69) is 21.6 Å². The first-order valence-corrected chi connectivity index (χ1v) is 13.4. The van der Waals surface area contributed by atoms with Crippen molar-refractivity contribution in [2.45, 2.75) is 38.3 Å². The third-order valence-corrected chi connectivity index (χ3v) is 7.33. The van der Waals surface area contributed by atoms with E-state index < -0.39 is 11.5 Å². The van der Waals surface area contributed by atoms with Crippen LogP contribution in [0.15, 0.2) is 59.9 Å². The van der Waals surface area contributed by atoms with Gasteiger partial charge in [0.05, 0.1) is 18.2 Å². The van der Waals surface area contributed by atoms with Gasteiger partial charge in [-0.25, -0.2) is 14.2 Å². The van der Waals surface area contributed by atoms with E-state index in [4.69, 9.17) is 9.72 Å². The van der Waals surface area contributed by atoms with Crippen LogP contribution in [0.2, 0.25) is 0 Å². The minimum Gasteiger partial charge on any atom is -0.383 e. The number of halogens is 1. The predicted octanol–water partition coefficient (Wildman–Crippen LogP) is 3.96.